The van der Waals surface area contributed by atoms with Gasteiger partial charge in [-0.15, -0.1) is 0 Å². The van der Waals surface area contributed by atoms with E-state index in [9.17, 15) is 4.79 Å². The Morgan fingerprint density at radius 2 is 2.10 bits per heavy atom. The molecule has 0 bridgehead atoms. The Morgan fingerprint density at radius 1 is 1.25 bits per heavy atom. The zero-order valence-electron chi connectivity index (χ0n) is 11.4. The lowest BCUT2D eigenvalue weighted by atomic mass is 9.92. The smallest absolute Gasteiger partial charge is 0.172 e. The van der Waals surface area contributed by atoms with Crippen molar-refractivity contribution in [3.63, 3.8) is 0 Å². The van der Waals surface area contributed by atoms with Crippen LogP contribution < -0.4 is 10.1 Å². The number of carbonyl (C=O) groups excluding carboxylic acids is 1. The monoisotopic (exact) mass is 267 g/mol. The molecule has 0 aromatic heterocycles. The molecule has 1 N–H and O–H groups in total. The molecule has 1 aliphatic rings. The van der Waals surface area contributed by atoms with Gasteiger partial charge in [0.25, 0.3) is 0 Å². The summed E-state index contributed by atoms with van der Waals surface area (Å²) in [6.07, 6.45) is 0. The first-order valence-electron chi connectivity index (χ1n) is 6.89. The molecule has 20 heavy (non-hydrogen) atoms. The number of nitrogens with one attached hydrogen (secondary N) is 1. The van der Waals surface area contributed by atoms with E-state index in [0.29, 0.717) is 18.7 Å². The van der Waals surface area contributed by atoms with Crippen LogP contribution in [-0.4, -0.2) is 18.9 Å². The number of carbonyl (C=O) groups is 1. The number of anilines is 1. The van der Waals surface area contributed by atoms with Crippen LogP contribution in [0.1, 0.15) is 28.8 Å². The minimum Gasteiger partial charge on any atom is -0.494 e. The van der Waals surface area contributed by atoms with E-state index in [1.807, 2.05) is 55.5 Å². The second kappa shape index (κ2) is 5.37. The summed E-state index contributed by atoms with van der Waals surface area (Å²) in [6.45, 7) is 3.20. The van der Waals surface area contributed by atoms with Crippen LogP contribution in [0.5, 0.6) is 5.75 Å². The Hall–Kier alpha value is -2.29. The third-order valence-electron chi connectivity index (χ3n) is 3.58. The van der Waals surface area contributed by atoms with Crippen LogP contribution in [0, 0.1) is 0 Å². The topological polar surface area (TPSA) is 38.3 Å². The third-order valence-corrected chi connectivity index (χ3v) is 3.58. The minimum atomic E-state index is -0.108. The maximum absolute atomic E-state index is 12.7. The summed E-state index contributed by atoms with van der Waals surface area (Å²) in [7, 11) is 0. The summed E-state index contributed by atoms with van der Waals surface area (Å²) in [5.41, 5.74) is 2.85. The molecule has 0 aliphatic carbocycles. The molecule has 0 saturated heterocycles. The lowest BCUT2D eigenvalue weighted by Gasteiger charge is -2.10. The summed E-state index contributed by atoms with van der Waals surface area (Å²) >= 11 is 0. The van der Waals surface area contributed by atoms with E-state index in [1.54, 1.807) is 0 Å². The van der Waals surface area contributed by atoms with Gasteiger partial charge in [0, 0.05) is 17.8 Å². The maximum Gasteiger partial charge on any atom is 0.172 e. The lowest BCUT2D eigenvalue weighted by Crippen LogP contribution is -2.15. The van der Waals surface area contributed by atoms with E-state index >= 15 is 0 Å². The number of fused-ring (bicyclic) bond motifs is 1. The van der Waals surface area contributed by atoms with Gasteiger partial charge in [-0.1, -0.05) is 30.3 Å². The van der Waals surface area contributed by atoms with Crippen molar-refractivity contribution in [1.82, 2.24) is 0 Å². The normalized spacial score (nSPS) is 16.4. The molecule has 0 fully saturated rings. The number of rotatable bonds is 4. The van der Waals surface area contributed by atoms with Crippen LogP contribution in [0.25, 0.3) is 0 Å². The molecule has 1 atom stereocenters. The van der Waals surface area contributed by atoms with Crippen molar-refractivity contribution >= 4 is 11.5 Å². The number of hydrogen-bond donors (Lipinski definition) is 1. The second-order valence-corrected chi connectivity index (χ2v) is 4.85. The first-order valence-corrected chi connectivity index (χ1v) is 6.89. The summed E-state index contributed by atoms with van der Waals surface area (Å²) in [6, 6.07) is 15.4. The minimum absolute atomic E-state index is 0.108. The zero-order chi connectivity index (χ0) is 13.9. The van der Waals surface area contributed by atoms with Crippen LogP contribution in [0.3, 0.4) is 0 Å². The molecule has 2 aromatic carbocycles. The van der Waals surface area contributed by atoms with Gasteiger partial charge in [-0.25, -0.2) is 0 Å². The average Bonchev–Trinajstić information content (AvgIpc) is 2.91. The molecule has 0 radical (unpaired) electrons. The number of hydrogen-bond acceptors (Lipinski definition) is 3. The van der Waals surface area contributed by atoms with Crippen LogP contribution in [0.2, 0.25) is 0 Å². The van der Waals surface area contributed by atoms with Crippen molar-refractivity contribution in [2.75, 3.05) is 18.5 Å². The predicted molar refractivity (Wildman–Crippen MR) is 79.6 cm³/mol. The maximum atomic E-state index is 12.7. The molecule has 3 nitrogen and oxygen atoms in total. The molecule has 1 unspecified atom stereocenters. The van der Waals surface area contributed by atoms with E-state index in [1.165, 1.54) is 0 Å². The highest BCUT2D eigenvalue weighted by atomic mass is 16.5. The van der Waals surface area contributed by atoms with Gasteiger partial charge in [0.05, 0.1) is 12.5 Å². The van der Waals surface area contributed by atoms with Crippen molar-refractivity contribution in [2.45, 2.75) is 12.8 Å². The Bertz CT molecular complexity index is 636. The highest BCUT2D eigenvalue weighted by molar-refractivity contribution is 6.03. The first-order chi connectivity index (χ1) is 9.79. The number of benzene rings is 2. The van der Waals surface area contributed by atoms with Crippen molar-refractivity contribution < 1.29 is 9.53 Å². The zero-order valence-corrected chi connectivity index (χ0v) is 11.4. The van der Waals surface area contributed by atoms with Gasteiger partial charge < -0.3 is 10.1 Å². The van der Waals surface area contributed by atoms with Gasteiger partial charge in [-0.2, -0.15) is 0 Å². The molecule has 3 heteroatoms. The molecule has 2 aromatic rings. The summed E-state index contributed by atoms with van der Waals surface area (Å²) in [5, 5.41) is 3.29. The molecule has 3 rings (SSSR count). The fraction of sp³-hybridized carbons (Fsp3) is 0.235. The quantitative estimate of drug-likeness (QED) is 0.862. The highest BCUT2D eigenvalue weighted by Crippen LogP contribution is 2.33. The van der Waals surface area contributed by atoms with Crippen LogP contribution in [0.4, 0.5) is 5.69 Å². The SMILES string of the molecule is CCOc1cccc(C(=O)C2CNc3ccccc32)c1. The summed E-state index contributed by atoms with van der Waals surface area (Å²) in [5.74, 6) is 0.782. The van der Waals surface area contributed by atoms with E-state index in [4.69, 9.17) is 4.74 Å². The Kier molecular flexibility index (Phi) is 3.42. The number of ether oxygens (including phenoxy) is 1. The molecular formula is C17H17NO2. The molecular weight excluding hydrogens is 250 g/mol. The largest absolute Gasteiger partial charge is 0.494 e. The fourth-order valence-electron chi connectivity index (χ4n) is 2.62. The van der Waals surface area contributed by atoms with Gasteiger partial charge in [0.15, 0.2) is 5.78 Å². The van der Waals surface area contributed by atoms with Crippen LogP contribution >= 0.6 is 0 Å². The number of Topliss-reactive ketones (excluding diaryl/α,β-unsaturated/α-hetero) is 1. The van der Waals surface area contributed by atoms with Gasteiger partial charge in [0.2, 0.25) is 0 Å². The summed E-state index contributed by atoms with van der Waals surface area (Å²) < 4.78 is 5.46. The van der Waals surface area contributed by atoms with E-state index in [0.717, 1.165) is 17.0 Å². The van der Waals surface area contributed by atoms with Gasteiger partial charge >= 0.3 is 0 Å². The highest BCUT2D eigenvalue weighted by Gasteiger charge is 2.28. The van der Waals surface area contributed by atoms with E-state index in [2.05, 4.69) is 5.32 Å². The second-order valence-electron chi connectivity index (χ2n) is 4.85. The molecule has 0 saturated carbocycles. The van der Waals surface area contributed by atoms with Crippen LogP contribution in [0.15, 0.2) is 48.5 Å². The summed E-state index contributed by atoms with van der Waals surface area (Å²) in [4.78, 5) is 12.7. The Labute approximate surface area is 118 Å². The molecule has 1 heterocycles. The Balaban J connectivity index is 1.89. The van der Waals surface area contributed by atoms with Gasteiger partial charge in [-0.3, -0.25) is 4.79 Å². The van der Waals surface area contributed by atoms with Crippen molar-refractivity contribution in [2.24, 2.45) is 0 Å². The fourth-order valence-corrected chi connectivity index (χ4v) is 2.62. The standard InChI is InChI=1S/C17H17NO2/c1-2-20-13-7-5-6-12(10-13)17(19)15-11-18-16-9-4-3-8-14(15)16/h3-10,15,18H,2,11H2,1H3. The van der Waals surface area contributed by atoms with Gasteiger partial charge in [0.1, 0.15) is 5.75 Å². The number of ketones is 1. The Morgan fingerprint density at radius 3 is 2.95 bits per heavy atom. The van der Waals surface area contributed by atoms with Crippen molar-refractivity contribution in [3.05, 3.63) is 59.7 Å². The molecule has 0 spiro atoms. The lowest BCUT2D eigenvalue weighted by molar-refractivity contribution is 0.0966. The van der Waals surface area contributed by atoms with Gasteiger partial charge in [-0.05, 0) is 30.7 Å². The molecule has 0 amide bonds. The molecule has 1 aliphatic heterocycles. The average molecular weight is 267 g/mol. The van der Waals surface area contributed by atoms with E-state index in [-0.39, 0.29) is 11.7 Å². The number of para-hydroxylation sites is 1. The molecule has 102 valence electrons. The first kappa shape index (κ1) is 12.7. The van der Waals surface area contributed by atoms with Crippen molar-refractivity contribution in [3.8, 4) is 5.75 Å². The van der Waals surface area contributed by atoms with Crippen LogP contribution in [-0.2, 0) is 0 Å². The van der Waals surface area contributed by atoms with E-state index < -0.39 is 0 Å². The third kappa shape index (κ3) is 2.27. The van der Waals surface area contributed by atoms with Crippen molar-refractivity contribution in [1.29, 1.82) is 0 Å². The predicted octanol–water partition coefficient (Wildman–Crippen LogP) is 3.48.